The average Bonchev–Trinajstić information content (AvgIpc) is 3.11. The van der Waals surface area contributed by atoms with E-state index in [9.17, 15) is 9.59 Å². The fourth-order valence-corrected chi connectivity index (χ4v) is 3.89. The van der Waals surface area contributed by atoms with Gasteiger partial charge in [-0.2, -0.15) is 0 Å². The number of anilines is 1. The minimum Gasteiger partial charge on any atom is -0.489 e. The number of hydrogen-bond acceptors (Lipinski definition) is 3. The number of ether oxygens (including phenoxy) is 1. The minimum atomic E-state index is -0.510. The summed E-state index contributed by atoms with van der Waals surface area (Å²) in [5.41, 5.74) is 2.47. The van der Waals surface area contributed by atoms with Crippen LogP contribution in [0.1, 0.15) is 11.1 Å². The molecule has 0 unspecified atom stereocenters. The van der Waals surface area contributed by atoms with Crippen molar-refractivity contribution in [2.24, 2.45) is 0 Å². The van der Waals surface area contributed by atoms with Crippen molar-refractivity contribution < 1.29 is 14.3 Å². The Morgan fingerprint density at radius 3 is 2.42 bits per heavy atom. The highest BCUT2D eigenvalue weighted by atomic mass is 35.5. The van der Waals surface area contributed by atoms with E-state index in [0.29, 0.717) is 23.1 Å². The van der Waals surface area contributed by atoms with E-state index in [-0.39, 0.29) is 5.70 Å². The summed E-state index contributed by atoms with van der Waals surface area (Å²) in [5.74, 6) is 0.284. The van der Waals surface area contributed by atoms with Crippen LogP contribution < -0.4 is 15.0 Å². The quantitative estimate of drug-likeness (QED) is 0.290. The van der Waals surface area contributed by atoms with Crippen molar-refractivity contribution >= 4 is 46.1 Å². The molecule has 0 aliphatic carbocycles. The van der Waals surface area contributed by atoms with Gasteiger partial charge < -0.3 is 10.1 Å². The topological polar surface area (TPSA) is 58.6 Å². The third-order valence-electron chi connectivity index (χ3n) is 5.36. The number of amides is 3. The third-order valence-corrected chi connectivity index (χ3v) is 5.59. The predicted molar refractivity (Wildman–Crippen MR) is 130 cm³/mol. The largest absolute Gasteiger partial charge is 0.489 e. The second kappa shape index (κ2) is 8.81. The van der Waals surface area contributed by atoms with E-state index in [1.54, 1.807) is 30.3 Å². The fourth-order valence-electron chi connectivity index (χ4n) is 3.71. The molecule has 0 spiro atoms. The lowest BCUT2D eigenvalue weighted by Crippen LogP contribution is -2.30. The number of hydrogen-bond donors (Lipinski definition) is 1. The second-order valence-electron chi connectivity index (χ2n) is 7.65. The zero-order valence-corrected chi connectivity index (χ0v) is 18.3. The van der Waals surface area contributed by atoms with Gasteiger partial charge in [-0.15, -0.1) is 0 Å². The molecule has 1 aliphatic rings. The van der Waals surface area contributed by atoms with E-state index in [0.717, 1.165) is 16.0 Å². The number of rotatable bonds is 5. The van der Waals surface area contributed by atoms with Crippen molar-refractivity contribution in [3.8, 4) is 5.75 Å². The van der Waals surface area contributed by atoms with E-state index in [1.807, 2.05) is 36.4 Å². The molecule has 1 heterocycles. The standard InChI is InChI=1S/C27H19ClN2O3/c28-22-6-3-7-23(16-22)30-26(31)25(29-27(30)32)15-18-9-12-24(13-10-18)33-17-19-8-11-20-4-1-2-5-21(20)14-19/h1-16H,17H2,(H,29,32)/b25-15+. The van der Waals surface area contributed by atoms with Crippen LogP contribution >= 0.6 is 11.6 Å². The van der Waals surface area contributed by atoms with Gasteiger partial charge in [0.2, 0.25) is 0 Å². The zero-order valence-electron chi connectivity index (χ0n) is 17.5. The Hall–Kier alpha value is -4.09. The van der Waals surface area contributed by atoms with E-state index < -0.39 is 11.9 Å². The smallest absolute Gasteiger partial charge is 0.333 e. The zero-order chi connectivity index (χ0) is 22.8. The Bertz CT molecular complexity index is 1400. The van der Waals surface area contributed by atoms with Gasteiger partial charge in [0.05, 0.1) is 5.69 Å². The summed E-state index contributed by atoms with van der Waals surface area (Å²) in [5, 5.41) is 5.44. The van der Waals surface area contributed by atoms with Crippen LogP contribution in [-0.4, -0.2) is 11.9 Å². The summed E-state index contributed by atoms with van der Waals surface area (Å²) in [6.45, 7) is 0.453. The first-order chi connectivity index (χ1) is 16.1. The van der Waals surface area contributed by atoms with Crippen LogP contribution in [0.25, 0.3) is 16.8 Å². The molecule has 0 aromatic heterocycles. The first-order valence-electron chi connectivity index (χ1n) is 10.4. The van der Waals surface area contributed by atoms with Gasteiger partial charge in [-0.05, 0) is 64.4 Å². The molecular formula is C27H19ClN2O3. The second-order valence-corrected chi connectivity index (χ2v) is 8.08. The molecule has 1 saturated heterocycles. The monoisotopic (exact) mass is 454 g/mol. The van der Waals surface area contributed by atoms with E-state index >= 15 is 0 Å². The summed E-state index contributed by atoms with van der Waals surface area (Å²) < 4.78 is 5.91. The Labute approximate surface area is 195 Å². The highest BCUT2D eigenvalue weighted by molar-refractivity contribution is 6.32. The molecule has 1 aliphatic heterocycles. The molecular weight excluding hydrogens is 436 g/mol. The molecule has 0 atom stereocenters. The molecule has 5 nitrogen and oxygen atoms in total. The van der Waals surface area contributed by atoms with Gasteiger partial charge in [0.1, 0.15) is 18.1 Å². The number of benzene rings is 4. The molecule has 0 radical (unpaired) electrons. The van der Waals surface area contributed by atoms with Crippen molar-refractivity contribution in [1.29, 1.82) is 0 Å². The van der Waals surface area contributed by atoms with E-state index in [4.69, 9.17) is 16.3 Å². The van der Waals surface area contributed by atoms with E-state index in [1.165, 1.54) is 10.8 Å². The maximum absolute atomic E-state index is 12.8. The molecule has 4 aromatic rings. The number of fused-ring (bicyclic) bond motifs is 1. The van der Waals surface area contributed by atoms with E-state index in [2.05, 4.69) is 35.6 Å². The Morgan fingerprint density at radius 1 is 0.848 bits per heavy atom. The molecule has 6 heteroatoms. The highest BCUT2D eigenvalue weighted by Gasteiger charge is 2.34. The maximum atomic E-state index is 12.8. The lowest BCUT2D eigenvalue weighted by molar-refractivity contribution is -0.113. The lowest BCUT2D eigenvalue weighted by Gasteiger charge is -2.11. The van der Waals surface area contributed by atoms with Crippen LogP contribution in [-0.2, 0) is 11.4 Å². The number of carbonyl (C=O) groups is 2. The number of carbonyl (C=O) groups excluding carboxylic acids is 2. The minimum absolute atomic E-state index is 0.199. The SMILES string of the molecule is O=C1N/C(=C/c2ccc(OCc3ccc4ccccc4c3)cc2)C(=O)N1c1cccc(Cl)c1. The molecule has 4 aromatic carbocycles. The van der Waals surface area contributed by atoms with Gasteiger partial charge in [-0.3, -0.25) is 4.79 Å². The van der Waals surface area contributed by atoms with Gasteiger partial charge in [-0.1, -0.05) is 66.2 Å². The maximum Gasteiger partial charge on any atom is 0.333 e. The van der Waals surface area contributed by atoms with Gasteiger partial charge >= 0.3 is 6.03 Å². The molecule has 0 saturated carbocycles. The number of nitrogens with one attached hydrogen (secondary N) is 1. The predicted octanol–water partition coefficient (Wildman–Crippen LogP) is 6.17. The summed E-state index contributed by atoms with van der Waals surface area (Å²) in [6, 6.07) is 27.9. The van der Waals surface area contributed by atoms with Crippen LogP contribution in [0.3, 0.4) is 0 Å². The van der Waals surface area contributed by atoms with Crippen LogP contribution in [0.4, 0.5) is 10.5 Å². The third kappa shape index (κ3) is 4.45. The summed E-state index contributed by atoms with van der Waals surface area (Å²) in [6.07, 6.45) is 1.64. The number of imide groups is 1. The Balaban J connectivity index is 1.27. The van der Waals surface area contributed by atoms with Gasteiger partial charge in [0.25, 0.3) is 5.91 Å². The van der Waals surface area contributed by atoms with Crippen molar-refractivity contribution in [1.82, 2.24) is 5.32 Å². The van der Waals surface area contributed by atoms with Crippen LogP contribution in [0.15, 0.2) is 96.7 Å². The summed E-state index contributed by atoms with van der Waals surface area (Å²) >= 11 is 5.99. The molecule has 5 rings (SSSR count). The van der Waals surface area contributed by atoms with Gasteiger partial charge in [0.15, 0.2) is 0 Å². The van der Waals surface area contributed by atoms with Crippen molar-refractivity contribution in [3.63, 3.8) is 0 Å². The number of halogens is 1. The first kappa shape index (κ1) is 20.8. The number of nitrogens with zero attached hydrogens (tertiary/aromatic N) is 1. The van der Waals surface area contributed by atoms with Crippen molar-refractivity contribution in [2.75, 3.05) is 4.90 Å². The van der Waals surface area contributed by atoms with Crippen LogP contribution in [0.2, 0.25) is 5.02 Å². The molecule has 3 amide bonds. The molecule has 162 valence electrons. The average molecular weight is 455 g/mol. The summed E-state index contributed by atoms with van der Waals surface area (Å²) in [7, 11) is 0. The van der Waals surface area contributed by atoms with Crippen molar-refractivity contribution in [3.05, 3.63) is 113 Å². The molecule has 1 N–H and O–H groups in total. The summed E-state index contributed by atoms with van der Waals surface area (Å²) in [4.78, 5) is 26.2. The molecule has 1 fully saturated rings. The first-order valence-corrected chi connectivity index (χ1v) is 10.8. The Morgan fingerprint density at radius 2 is 1.64 bits per heavy atom. The van der Waals surface area contributed by atoms with Crippen LogP contribution in [0.5, 0.6) is 5.75 Å². The molecule has 33 heavy (non-hydrogen) atoms. The highest BCUT2D eigenvalue weighted by Crippen LogP contribution is 2.25. The number of urea groups is 1. The van der Waals surface area contributed by atoms with Crippen molar-refractivity contribution in [2.45, 2.75) is 6.61 Å². The van der Waals surface area contributed by atoms with Gasteiger partial charge in [0, 0.05) is 5.02 Å². The van der Waals surface area contributed by atoms with Crippen LogP contribution in [0, 0.1) is 0 Å². The normalized spacial score (nSPS) is 14.7. The Kier molecular flexibility index (Phi) is 5.55. The molecule has 0 bridgehead atoms. The van der Waals surface area contributed by atoms with Gasteiger partial charge in [-0.25, -0.2) is 9.69 Å². The lowest BCUT2D eigenvalue weighted by atomic mass is 10.1. The fraction of sp³-hybridized carbons (Fsp3) is 0.0370.